The van der Waals surface area contributed by atoms with Crippen molar-refractivity contribution in [2.45, 2.75) is 18.9 Å². The van der Waals surface area contributed by atoms with Crippen LogP contribution in [-0.4, -0.2) is 10.7 Å². The second-order valence-electron chi connectivity index (χ2n) is 4.32. The maximum Gasteiger partial charge on any atom is 0.169 e. The van der Waals surface area contributed by atoms with E-state index in [9.17, 15) is 5.11 Å². The van der Waals surface area contributed by atoms with Gasteiger partial charge >= 0.3 is 0 Å². The van der Waals surface area contributed by atoms with Crippen LogP contribution in [0.2, 0.25) is 0 Å². The van der Waals surface area contributed by atoms with Crippen molar-refractivity contribution >= 4 is 17.2 Å². The zero-order valence-corrected chi connectivity index (χ0v) is 9.58. The fourth-order valence-electron chi connectivity index (χ4n) is 2.39. The third kappa shape index (κ3) is 1.14. The number of phenolic OH excluding ortho intramolecular Hbond substituents is 1. The summed E-state index contributed by atoms with van der Waals surface area (Å²) in [5, 5.41) is 10.5. The van der Waals surface area contributed by atoms with Crippen LogP contribution in [0.1, 0.15) is 18.9 Å². The van der Waals surface area contributed by atoms with E-state index in [1.807, 2.05) is 25.1 Å². The highest BCUT2D eigenvalue weighted by atomic mass is 35.5. The molecule has 0 bridgehead atoms. The van der Waals surface area contributed by atoms with Gasteiger partial charge in [0.25, 0.3) is 0 Å². The molecule has 2 aliphatic rings. The molecule has 0 spiro atoms. The summed E-state index contributed by atoms with van der Waals surface area (Å²) in [6, 6.07) is 5.36. The van der Waals surface area contributed by atoms with Crippen molar-refractivity contribution in [1.82, 2.24) is 0 Å². The standard InChI is InChI=1S/C13H11ClO2/c1-13-7-3-5-9(14)11(13)8-4-2-6-10(15)12(8)16-13/h2-6,15H,7H2,1H3. The molecule has 1 atom stereocenters. The van der Waals surface area contributed by atoms with Gasteiger partial charge in [-0.3, -0.25) is 0 Å². The zero-order chi connectivity index (χ0) is 11.3. The predicted octanol–water partition coefficient (Wildman–Crippen LogP) is 3.45. The molecule has 3 rings (SSSR count). The maximum absolute atomic E-state index is 9.77. The summed E-state index contributed by atoms with van der Waals surface area (Å²) in [5.41, 5.74) is 1.44. The molecule has 16 heavy (non-hydrogen) atoms. The fourth-order valence-corrected chi connectivity index (χ4v) is 2.78. The number of benzene rings is 1. The van der Waals surface area contributed by atoms with Gasteiger partial charge in [-0.15, -0.1) is 0 Å². The Labute approximate surface area is 98.8 Å². The van der Waals surface area contributed by atoms with Gasteiger partial charge < -0.3 is 9.84 Å². The normalized spacial score (nSPS) is 26.4. The van der Waals surface area contributed by atoms with Gasteiger partial charge in [0.2, 0.25) is 0 Å². The number of phenols is 1. The summed E-state index contributed by atoms with van der Waals surface area (Å²) in [7, 11) is 0. The monoisotopic (exact) mass is 234 g/mol. The van der Waals surface area contributed by atoms with E-state index in [4.69, 9.17) is 16.3 Å². The molecule has 1 N–H and O–H groups in total. The summed E-state index contributed by atoms with van der Waals surface area (Å²) in [6.45, 7) is 1.99. The van der Waals surface area contributed by atoms with E-state index in [0.717, 1.165) is 17.6 Å². The molecule has 1 aliphatic heterocycles. The van der Waals surface area contributed by atoms with Crippen molar-refractivity contribution in [2.75, 3.05) is 0 Å². The molecular weight excluding hydrogens is 224 g/mol. The molecule has 2 nitrogen and oxygen atoms in total. The highest BCUT2D eigenvalue weighted by Crippen LogP contribution is 2.53. The minimum absolute atomic E-state index is 0.171. The van der Waals surface area contributed by atoms with Gasteiger partial charge in [0.05, 0.1) is 0 Å². The molecule has 0 radical (unpaired) electrons. The Hall–Kier alpha value is -1.41. The summed E-state index contributed by atoms with van der Waals surface area (Å²) in [4.78, 5) is 0. The van der Waals surface area contributed by atoms with Crippen LogP contribution in [0.3, 0.4) is 0 Å². The number of allylic oxidation sites excluding steroid dienone is 2. The average Bonchev–Trinajstić information content (AvgIpc) is 2.53. The molecule has 0 saturated carbocycles. The van der Waals surface area contributed by atoms with Crippen LogP contribution in [0.15, 0.2) is 35.4 Å². The van der Waals surface area contributed by atoms with E-state index in [2.05, 4.69) is 0 Å². The van der Waals surface area contributed by atoms with Gasteiger partial charge in [-0.25, -0.2) is 0 Å². The molecule has 1 aromatic carbocycles. The number of hydrogen-bond donors (Lipinski definition) is 1. The lowest BCUT2D eigenvalue weighted by Gasteiger charge is -2.27. The molecule has 1 unspecified atom stereocenters. The lowest BCUT2D eigenvalue weighted by atomic mass is 9.86. The highest BCUT2D eigenvalue weighted by molar-refractivity contribution is 6.35. The first-order valence-corrected chi connectivity index (χ1v) is 5.58. The molecule has 82 valence electrons. The van der Waals surface area contributed by atoms with E-state index in [-0.39, 0.29) is 5.75 Å². The summed E-state index contributed by atoms with van der Waals surface area (Å²) in [5.74, 6) is 0.715. The van der Waals surface area contributed by atoms with Crippen LogP contribution >= 0.6 is 11.6 Å². The SMILES string of the molecule is CC12CC=CC(Cl)=C1c1cccc(O)c1O2. The van der Waals surface area contributed by atoms with E-state index < -0.39 is 5.60 Å². The van der Waals surface area contributed by atoms with E-state index in [1.165, 1.54) is 0 Å². The second kappa shape index (κ2) is 3.05. The Balaban J connectivity index is 2.30. The lowest BCUT2D eigenvalue weighted by Crippen LogP contribution is -2.30. The van der Waals surface area contributed by atoms with E-state index in [0.29, 0.717) is 10.8 Å². The number of rotatable bonds is 0. The van der Waals surface area contributed by atoms with Crippen LogP contribution in [0.4, 0.5) is 0 Å². The molecule has 0 aromatic heterocycles. The number of para-hydroxylation sites is 1. The third-order valence-electron chi connectivity index (χ3n) is 3.13. The van der Waals surface area contributed by atoms with Crippen molar-refractivity contribution in [1.29, 1.82) is 0 Å². The van der Waals surface area contributed by atoms with Crippen LogP contribution in [0, 0.1) is 0 Å². The Bertz CT molecular complexity index is 531. The number of fused-ring (bicyclic) bond motifs is 3. The molecule has 0 fully saturated rings. The smallest absolute Gasteiger partial charge is 0.169 e. The number of aromatic hydroxyl groups is 1. The quantitative estimate of drug-likeness (QED) is 0.745. The molecule has 1 aromatic rings. The summed E-state index contributed by atoms with van der Waals surface area (Å²) < 4.78 is 5.86. The molecular formula is C13H11ClO2. The first-order chi connectivity index (χ1) is 7.62. The summed E-state index contributed by atoms with van der Waals surface area (Å²) in [6.07, 6.45) is 4.66. The lowest BCUT2D eigenvalue weighted by molar-refractivity contribution is 0.164. The Morgan fingerprint density at radius 3 is 3.06 bits per heavy atom. The first kappa shape index (κ1) is 9.79. The number of halogens is 1. The molecule has 3 heteroatoms. The van der Waals surface area contributed by atoms with Gasteiger partial charge in [-0.1, -0.05) is 29.8 Å². The van der Waals surface area contributed by atoms with Gasteiger partial charge in [0, 0.05) is 22.6 Å². The van der Waals surface area contributed by atoms with Crippen molar-refractivity contribution in [3.63, 3.8) is 0 Å². The Morgan fingerprint density at radius 1 is 1.44 bits per heavy atom. The van der Waals surface area contributed by atoms with Crippen molar-refractivity contribution < 1.29 is 9.84 Å². The second-order valence-corrected chi connectivity index (χ2v) is 4.72. The largest absolute Gasteiger partial charge is 0.504 e. The molecule has 0 amide bonds. The predicted molar refractivity (Wildman–Crippen MR) is 63.7 cm³/mol. The fraction of sp³-hybridized carbons (Fsp3) is 0.231. The van der Waals surface area contributed by atoms with Gasteiger partial charge in [-0.05, 0) is 19.1 Å². The van der Waals surface area contributed by atoms with Crippen LogP contribution in [-0.2, 0) is 0 Å². The van der Waals surface area contributed by atoms with Crippen LogP contribution in [0.5, 0.6) is 11.5 Å². The summed E-state index contributed by atoms with van der Waals surface area (Å²) >= 11 is 6.22. The van der Waals surface area contributed by atoms with Crippen molar-refractivity contribution in [2.24, 2.45) is 0 Å². The minimum Gasteiger partial charge on any atom is -0.504 e. The Kier molecular flexibility index (Phi) is 1.86. The Morgan fingerprint density at radius 2 is 2.25 bits per heavy atom. The van der Waals surface area contributed by atoms with Crippen LogP contribution in [0.25, 0.3) is 5.57 Å². The maximum atomic E-state index is 9.77. The average molecular weight is 235 g/mol. The van der Waals surface area contributed by atoms with Gasteiger partial charge in [0.1, 0.15) is 5.60 Å². The van der Waals surface area contributed by atoms with E-state index >= 15 is 0 Å². The van der Waals surface area contributed by atoms with Crippen molar-refractivity contribution in [3.05, 3.63) is 40.9 Å². The molecule has 0 saturated heterocycles. The third-order valence-corrected chi connectivity index (χ3v) is 3.45. The topological polar surface area (TPSA) is 29.5 Å². The first-order valence-electron chi connectivity index (χ1n) is 5.20. The molecule has 1 aliphatic carbocycles. The number of hydrogen-bond acceptors (Lipinski definition) is 2. The number of ether oxygens (including phenoxy) is 1. The van der Waals surface area contributed by atoms with Crippen molar-refractivity contribution in [3.8, 4) is 11.5 Å². The molecule has 1 heterocycles. The van der Waals surface area contributed by atoms with Crippen LogP contribution < -0.4 is 4.74 Å². The van der Waals surface area contributed by atoms with Gasteiger partial charge in [-0.2, -0.15) is 0 Å². The zero-order valence-electron chi connectivity index (χ0n) is 8.83. The highest BCUT2D eigenvalue weighted by Gasteiger charge is 2.43. The van der Waals surface area contributed by atoms with Gasteiger partial charge in [0.15, 0.2) is 11.5 Å². The van der Waals surface area contributed by atoms with E-state index in [1.54, 1.807) is 12.1 Å². The minimum atomic E-state index is -0.438.